The predicted molar refractivity (Wildman–Crippen MR) is 92.1 cm³/mol. The van der Waals surface area contributed by atoms with E-state index in [1.54, 1.807) is 12.4 Å². The SMILES string of the molecule is CC(C)(C)[C@@H](NC(N)=O)C(=O)N1CCN(Cc2ccncc2)CC1. The predicted octanol–water partition coefficient (Wildman–Crippen LogP) is 0.809. The standard InChI is InChI=1S/C17H27N5O2/c1-17(2,3)14(20-16(18)24)15(23)22-10-8-21(9-11-22)12-13-4-6-19-7-5-13/h4-7,14H,8-12H2,1-3H3,(H3,18,20,24)/t14-/m0/s1. The number of aromatic nitrogens is 1. The number of rotatable bonds is 4. The molecular formula is C17H27N5O2. The third-order valence-corrected chi connectivity index (χ3v) is 4.24. The van der Waals surface area contributed by atoms with Crippen LogP contribution in [0.5, 0.6) is 0 Å². The maximum absolute atomic E-state index is 12.8. The van der Waals surface area contributed by atoms with Gasteiger partial charge in [0.25, 0.3) is 0 Å². The van der Waals surface area contributed by atoms with Crippen LogP contribution in [0.25, 0.3) is 0 Å². The summed E-state index contributed by atoms with van der Waals surface area (Å²) in [5.74, 6) is -0.0649. The van der Waals surface area contributed by atoms with Crippen LogP contribution in [-0.2, 0) is 11.3 Å². The van der Waals surface area contributed by atoms with Crippen molar-refractivity contribution in [1.82, 2.24) is 20.1 Å². The van der Waals surface area contributed by atoms with Crippen molar-refractivity contribution in [2.24, 2.45) is 11.1 Å². The Morgan fingerprint density at radius 3 is 2.29 bits per heavy atom. The minimum absolute atomic E-state index is 0.0649. The molecule has 0 radical (unpaired) electrons. The largest absolute Gasteiger partial charge is 0.352 e. The molecule has 3 N–H and O–H groups in total. The lowest BCUT2D eigenvalue weighted by atomic mass is 9.85. The monoisotopic (exact) mass is 333 g/mol. The highest BCUT2D eigenvalue weighted by Crippen LogP contribution is 2.22. The topological polar surface area (TPSA) is 91.6 Å². The molecule has 1 saturated heterocycles. The van der Waals surface area contributed by atoms with Gasteiger partial charge >= 0.3 is 6.03 Å². The molecule has 3 amide bonds. The fourth-order valence-corrected chi connectivity index (χ4v) is 2.85. The number of nitrogens with zero attached hydrogens (tertiary/aromatic N) is 3. The third-order valence-electron chi connectivity index (χ3n) is 4.24. The number of hydrogen-bond donors (Lipinski definition) is 2. The summed E-state index contributed by atoms with van der Waals surface area (Å²) < 4.78 is 0. The molecule has 0 saturated carbocycles. The van der Waals surface area contributed by atoms with E-state index in [1.807, 2.05) is 37.8 Å². The molecule has 24 heavy (non-hydrogen) atoms. The van der Waals surface area contributed by atoms with Crippen LogP contribution in [0.3, 0.4) is 0 Å². The summed E-state index contributed by atoms with van der Waals surface area (Å²) in [6, 6.07) is 2.73. The molecule has 7 nitrogen and oxygen atoms in total. The van der Waals surface area contributed by atoms with Crippen molar-refractivity contribution in [3.63, 3.8) is 0 Å². The Morgan fingerprint density at radius 2 is 1.79 bits per heavy atom. The Kier molecular flexibility index (Phi) is 5.77. The maximum atomic E-state index is 12.8. The molecule has 1 aliphatic rings. The summed E-state index contributed by atoms with van der Waals surface area (Å²) >= 11 is 0. The molecule has 7 heteroatoms. The van der Waals surface area contributed by atoms with Gasteiger partial charge in [-0.2, -0.15) is 0 Å². The van der Waals surface area contributed by atoms with E-state index in [4.69, 9.17) is 5.73 Å². The number of pyridine rings is 1. The summed E-state index contributed by atoms with van der Waals surface area (Å²) in [5, 5.41) is 2.60. The minimum atomic E-state index is -0.667. The van der Waals surface area contributed by atoms with Gasteiger partial charge in [0.1, 0.15) is 6.04 Å². The summed E-state index contributed by atoms with van der Waals surface area (Å²) in [4.78, 5) is 32.2. The zero-order valence-electron chi connectivity index (χ0n) is 14.7. The van der Waals surface area contributed by atoms with E-state index in [2.05, 4.69) is 15.2 Å². The molecule has 1 aromatic rings. The van der Waals surface area contributed by atoms with Gasteiger partial charge in [-0.3, -0.25) is 14.7 Å². The van der Waals surface area contributed by atoms with Crippen LogP contribution in [0.2, 0.25) is 0 Å². The molecule has 1 fully saturated rings. The highest BCUT2D eigenvalue weighted by atomic mass is 16.2. The third kappa shape index (κ3) is 4.92. The first-order chi connectivity index (χ1) is 11.3. The molecule has 0 spiro atoms. The van der Waals surface area contributed by atoms with E-state index in [0.29, 0.717) is 13.1 Å². The molecule has 0 bridgehead atoms. The zero-order chi connectivity index (χ0) is 17.7. The number of carbonyl (C=O) groups excluding carboxylic acids is 2. The average molecular weight is 333 g/mol. The lowest BCUT2D eigenvalue weighted by Gasteiger charge is -2.39. The van der Waals surface area contributed by atoms with E-state index >= 15 is 0 Å². The van der Waals surface area contributed by atoms with Gasteiger partial charge in [0, 0.05) is 45.1 Å². The fraction of sp³-hybridized carbons (Fsp3) is 0.588. The second-order valence-corrected chi connectivity index (χ2v) is 7.26. The molecular weight excluding hydrogens is 306 g/mol. The quantitative estimate of drug-likeness (QED) is 0.853. The summed E-state index contributed by atoms with van der Waals surface area (Å²) in [7, 11) is 0. The lowest BCUT2D eigenvalue weighted by molar-refractivity contribution is -0.137. The van der Waals surface area contributed by atoms with Crippen molar-refractivity contribution in [3.8, 4) is 0 Å². The molecule has 1 aromatic heterocycles. The molecule has 2 rings (SSSR count). The Bertz CT molecular complexity index is 562. The lowest BCUT2D eigenvalue weighted by Crippen LogP contribution is -2.59. The number of urea groups is 1. The molecule has 1 aliphatic heterocycles. The van der Waals surface area contributed by atoms with Crippen molar-refractivity contribution in [3.05, 3.63) is 30.1 Å². The van der Waals surface area contributed by atoms with Crippen LogP contribution >= 0.6 is 0 Å². The first-order valence-electron chi connectivity index (χ1n) is 8.23. The highest BCUT2D eigenvalue weighted by molar-refractivity contribution is 5.87. The first kappa shape index (κ1) is 18.2. The van der Waals surface area contributed by atoms with E-state index in [-0.39, 0.29) is 11.3 Å². The number of carbonyl (C=O) groups is 2. The highest BCUT2D eigenvalue weighted by Gasteiger charge is 2.36. The van der Waals surface area contributed by atoms with E-state index in [9.17, 15) is 9.59 Å². The smallest absolute Gasteiger partial charge is 0.312 e. The summed E-state index contributed by atoms with van der Waals surface area (Å²) in [6.07, 6.45) is 3.58. The molecule has 1 atom stereocenters. The van der Waals surface area contributed by atoms with Gasteiger partial charge in [-0.05, 0) is 23.1 Å². The van der Waals surface area contributed by atoms with Crippen LogP contribution in [0.4, 0.5) is 4.79 Å². The van der Waals surface area contributed by atoms with Gasteiger partial charge < -0.3 is 16.0 Å². The van der Waals surface area contributed by atoms with Gasteiger partial charge in [-0.25, -0.2) is 4.79 Å². The van der Waals surface area contributed by atoms with Gasteiger partial charge in [0.2, 0.25) is 5.91 Å². The number of piperazine rings is 1. The van der Waals surface area contributed by atoms with Crippen molar-refractivity contribution in [2.75, 3.05) is 26.2 Å². The van der Waals surface area contributed by atoms with Gasteiger partial charge in [0.05, 0.1) is 0 Å². The van der Waals surface area contributed by atoms with Crippen molar-refractivity contribution in [1.29, 1.82) is 0 Å². The number of primary amides is 1. The van der Waals surface area contributed by atoms with Crippen molar-refractivity contribution in [2.45, 2.75) is 33.4 Å². The van der Waals surface area contributed by atoms with E-state index in [0.717, 1.165) is 19.6 Å². The Hall–Kier alpha value is -2.15. The Morgan fingerprint density at radius 1 is 1.21 bits per heavy atom. The molecule has 132 valence electrons. The van der Waals surface area contributed by atoms with Crippen molar-refractivity contribution >= 4 is 11.9 Å². The maximum Gasteiger partial charge on any atom is 0.312 e. The molecule has 0 unspecified atom stereocenters. The first-order valence-corrected chi connectivity index (χ1v) is 8.23. The fourth-order valence-electron chi connectivity index (χ4n) is 2.85. The molecule has 0 aromatic carbocycles. The minimum Gasteiger partial charge on any atom is -0.352 e. The summed E-state index contributed by atoms with van der Waals surface area (Å²) in [6.45, 7) is 9.53. The van der Waals surface area contributed by atoms with Crippen LogP contribution in [0.15, 0.2) is 24.5 Å². The van der Waals surface area contributed by atoms with Gasteiger partial charge in [0.15, 0.2) is 0 Å². The normalized spacial score (nSPS) is 17.4. The number of nitrogens with one attached hydrogen (secondary N) is 1. The Labute approximate surface area is 143 Å². The number of nitrogens with two attached hydrogens (primary N) is 1. The van der Waals surface area contributed by atoms with Crippen molar-refractivity contribution < 1.29 is 9.59 Å². The van der Waals surface area contributed by atoms with Crippen LogP contribution in [-0.4, -0.2) is 58.9 Å². The van der Waals surface area contributed by atoms with Gasteiger partial charge in [-0.15, -0.1) is 0 Å². The van der Waals surface area contributed by atoms with E-state index in [1.165, 1.54) is 5.56 Å². The summed E-state index contributed by atoms with van der Waals surface area (Å²) in [5.41, 5.74) is 6.06. The number of hydrogen-bond acceptors (Lipinski definition) is 4. The van der Waals surface area contributed by atoms with Gasteiger partial charge in [-0.1, -0.05) is 20.8 Å². The van der Waals surface area contributed by atoms with E-state index < -0.39 is 12.1 Å². The average Bonchev–Trinajstić information content (AvgIpc) is 2.52. The van der Waals surface area contributed by atoms with Crippen LogP contribution in [0, 0.1) is 5.41 Å². The molecule has 2 heterocycles. The number of amides is 3. The zero-order valence-corrected chi connectivity index (χ0v) is 14.7. The second-order valence-electron chi connectivity index (χ2n) is 7.26. The Balaban J connectivity index is 1.92. The van der Waals surface area contributed by atoms with Crippen LogP contribution < -0.4 is 11.1 Å². The molecule has 0 aliphatic carbocycles. The second kappa shape index (κ2) is 7.61. The van der Waals surface area contributed by atoms with Crippen LogP contribution in [0.1, 0.15) is 26.3 Å².